The quantitative estimate of drug-likeness (QED) is 0.185. The Hall–Kier alpha value is -1.40. The van der Waals surface area contributed by atoms with Crippen LogP contribution < -0.4 is 10.6 Å². The van der Waals surface area contributed by atoms with E-state index >= 15 is 0 Å². The zero-order valence-corrected chi connectivity index (χ0v) is 20.0. The van der Waals surface area contributed by atoms with E-state index in [1.165, 1.54) is 5.56 Å². The van der Waals surface area contributed by atoms with Crippen molar-refractivity contribution >= 4 is 41.3 Å². The third-order valence-corrected chi connectivity index (χ3v) is 4.99. The Bertz CT molecular complexity index is 741. The number of ether oxygens (including phenoxy) is 1. The highest BCUT2D eigenvalue weighted by Crippen LogP contribution is 2.29. The van der Waals surface area contributed by atoms with Crippen LogP contribution in [0.1, 0.15) is 29.1 Å². The molecule has 10 heteroatoms. The van der Waals surface area contributed by atoms with Gasteiger partial charge < -0.3 is 15.4 Å². The minimum absolute atomic E-state index is 0. The molecule has 0 aliphatic carbocycles. The van der Waals surface area contributed by atoms with Crippen molar-refractivity contribution < 1.29 is 17.9 Å². The Morgan fingerprint density at radius 1 is 1.07 bits per heavy atom. The van der Waals surface area contributed by atoms with Gasteiger partial charge in [0.25, 0.3) is 0 Å². The lowest BCUT2D eigenvalue weighted by Crippen LogP contribution is -2.38. The topological polar surface area (TPSA) is 58.5 Å². The SMILES string of the molecule is CN=C(NCCCCOCCc1ccccc1)NCCc1nc(C(F)(F)F)cs1.I. The number of nitrogens with zero attached hydrogens (tertiary/aromatic N) is 2. The van der Waals surface area contributed by atoms with E-state index in [-0.39, 0.29) is 24.0 Å². The molecule has 2 rings (SSSR count). The van der Waals surface area contributed by atoms with Crippen LogP contribution in [0.2, 0.25) is 0 Å². The molecule has 5 nitrogen and oxygen atoms in total. The molecule has 0 saturated carbocycles. The monoisotopic (exact) mass is 556 g/mol. The van der Waals surface area contributed by atoms with Crippen molar-refractivity contribution in [2.24, 2.45) is 4.99 Å². The second-order valence-electron chi connectivity index (χ2n) is 6.36. The summed E-state index contributed by atoms with van der Waals surface area (Å²) in [4.78, 5) is 7.72. The highest BCUT2D eigenvalue weighted by Gasteiger charge is 2.33. The van der Waals surface area contributed by atoms with Crippen LogP contribution in [-0.2, 0) is 23.8 Å². The smallest absolute Gasteiger partial charge is 0.381 e. The Kier molecular flexibility index (Phi) is 12.9. The molecule has 2 N–H and O–H groups in total. The summed E-state index contributed by atoms with van der Waals surface area (Å²) in [6.45, 7) is 2.64. The standard InChI is InChI=1S/C20H27F3N4OS.HI/c1-24-19(26-12-9-18-27-17(15-29-18)20(21,22)23)25-11-5-6-13-28-14-10-16-7-3-2-4-8-16;/h2-4,7-8,15H,5-6,9-14H2,1H3,(H2,24,25,26);1H. The zero-order valence-electron chi connectivity index (χ0n) is 16.9. The van der Waals surface area contributed by atoms with Crippen molar-refractivity contribution in [3.8, 4) is 0 Å². The number of aromatic nitrogens is 1. The third kappa shape index (κ3) is 10.6. The number of nitrogens with one attached hydrogen (secondary N) is 2. The number of alkyl halides is 3. The molecular weight excluding hydrogens is 528 g/mol. The largest absolute Gasteiger partial charge is 0.434 e. The first-order valence-electron chi connectivity index (χ1n) is 9.57. The first-order chi connectivity index (χ1) is 14.0. The molecule has 0 radical (unpaired) electrons. The van der Waals surface area contributed by atoms with Gasteiger partial charge in [-0.05, 0) is 24.8 Å². The van der Waals surface area contributed by atoms with Crippen molar-refractivity contribution in [3.63, 3.8) is 0 Å². The molecule has 0 saturated heterocycles. The molecule has 0 aliphatic rings. The molecule has 0 fully saturated rings. The number of guanidine groups is 1. The summed E-state index contributed by atoms with van der Waals surface area (Å²) in [5, 5.41) is 7.77. The van der Waals surface area contributed by atoms with Crippen LogP contribution >= 0.6 is 35.3 Å². The normalized spacial score (nSPS) is 11.8. The molecule has 0 atom stereocenters. The fraction of sp³-hybridized carbons (Fsp3) is 0.500. The first-order valence-corrected chi connectivity index (χ1v) is 10.4. The average Bonchev–Trinajstić information content (AvgIpc) is 3.19. The van der Waals surface area contributed by atoms with Crippen molar-refractivity contribution in [2.45, 2.75) is 31.9 Å². The zero-order chi connectivity index (χ0) is 21.0. The van der Waals surface area contributed by atoms with Crippen LogP contribution in [0.4, 0.5) is 13.2 Å². The first kappa shape index (κ1) is 26.6. The molecule has 0 aliphatic heterocycles. The summed E-state index contributed by atoms with van der Waals surface area (Å²) in [7, 11) is 1.66. The van der Waals surface area contributed by atoms with Crippen LogP contribution in [0.15, 0.2) is 40.7 Å². The van der Waals surface area contributed by atoms with E-state index in [0.717, 1.165) is 42.5 Å². The van der Waals surface area contributed by atoms with Gasteiger partial charge in [-0.1, -0.05) is 30.3 Å². The van der Waals surface area contributed by atoms with Crippen molar-refractivity contribution in [2.75, 3.05) is 33.4 Å². The molecule has 0 bridgehead atoms. The second-order valence-corrected chi connectivity index (χ2v) is 7.30. The van der Waals surface area contributed by atoms with Gasteiger partial charge in [-0.15, -0.1) is 35.3 Å². The summed E-state index contributed by atoms with van der Waals surface area (Å²) in [6, 6.07) is 10.2. The lowest BCUT2D eigenvalue weighted by atomic mass is 10.2. The number of thiazole rings is 1. The number of rotatable bonds is 11. The van der Waals surface area contributed by atoms with Gasteiger partial charge >= 0.3 is 6.18 Å². The Morgan fingerprint density at radius 3 is 2.47 bits per heavy atom. The second kappa shape index (κ2) is 14.6. The molecule has 168 valence electrons. The van der Waals surface area contributed by atoms with E-state index < -0.39 is 11.9 Å². The fourth-order valence-electron chi connectivity index (χ4n) is 2.54. The summed E-state index contributed by atoms with van der Waals surface area (Å²) in [5.41, 5.74) is 0.447. The Balaban J connectivity index is 0.00000450. The van der Waals surface area contributed by atoms with Gasteiger partial charge in [-0.2, -0.15) is 13.2 Å². The minimum atomic E-state index is -4.38. The number of hydrogen-bond donors (Lipinski definition) is 2. The van der Waals surface area contributed by atoms with Gasteiger partial charge in [0.15, 0.2) is 11.7 Å². The minimum Gasteiger partial charge on any atom is -0.381 e. The van der Waals surface area contributed by atoms with E-state index in [0.29, 0.717) is 37.1 Å². The number of unbranched alkanes of at least 4 members (excludes halogenated alkanes) is 1. The number of aliphatic imine (C=N–C) groups is 1. The summed E-state index contributed by atoms with van der Waals surface area (Å²) < 4.78 is 43.3. The van der Waals surface area contributed by atoms with Crippen LogP contribution in [0.5, 0.6) is 0 Å². The fourth-order valence-corrected chi connectivity index (χ4v) is 3.34. The number of benzene rings is 1. The maximum absolute atomic E-state index is 12.5. The number of halogens is 4. The van der Waals surface area contributed by atoms with E-state index in [2.05, 4.69) is 32.7 Å². The van der Waals surface area contributed by atoms with Gasteiger partial charge in [0.2, 0.25) is 0 Å². The van der Waals surface area contributed by atoms with Crippen molar-refractivity contribution in [1.29, 1.82) is 0 Å². The third-order valence-electron chi connectivity index (χ3n) is 4.08. The summed E-state index contributed by atoms with van der Waals surface area (Å²) in [6.07, 6.45) is -1.17. The lowest BCUT2D eigenvalue weighted by molar-refractivity contribution is -0.140. The molecule has 1 aromatic heterocycles. The Labute approximate surface area is 196 Å². The van der Waals surface area contributed by atoms with Crippen molar-refractivity contribution in [3.05, 3.63) is 52.0 Å². The van der Waals surface area contributed by atoms with Gasteiger partial charge in [0.1, 0.15) is 0 Å². The van der Waals surface area contributed by atoms with E-state index in [4.69, 9.17) is 4.74 Å². The van der Waals surface area contributed by atoms with E-state index in [1.54, 1.807) is 7.05 Å². The molecule has 2 aromatic rings. The van der Waals surface area contributed by atoms with Crippen LogP contribution in [-0.4, -0.2) is 44.3 Å². The highest BCUT2D eigenvalue weighted by atomic mass is 127. The van der Waals surface area contributed by atoms with Crippen LogP contribution in [0, 0.1) is 0 Å². The molecule has 0 spiro atoms. The van der Waals surface area contributed by atoms with Crippen LogP contribution in [0.3, 0.4) is 0 Å². The molecular formula is C20H28F3IN4OS. The molecule has 0 amide bonds. The van der Waals surface area contributed by atoms with E-state index in [1.807, 2.05) is 18.2 Å². The van der Waals surface area contributed by atoms with Gasteiger partial charge in [-0.25, -0.2) is 4.98 Å². The molecule has 0 unspecified atom stereocenters. The molecule has 30 heavy (non-hydrogen) atoms. The summed E-state index contributed by atoms with van der Waals surface area (Å²) in [5.74, 6) is 0.627. The predicted molar refractivity (Wildman–Crippen MR) is 126 cm³/mol. The lowest BCUT2D eigenvalue weighted by Gasteiger charge is -2.11. The van der Waals surface area contributed by atoms with Crippen molar-refractivity contribution in [1.82, 2.24) is 15.6 Å². The van der Waals surface area contributed by atoms with Crippen LogP contribution in [0.25, 0.3) is 0 Å². The Morgan fingerprint density at radius 2 is 1.80 bits per heavy atom. The average molecular weight is 556 g/mol. The van der Waals surface area contributed by atoms with Gasteiger partial charge in [-0.3, -0.25) is 4.99 Å². The maximum Gasteiger partial charge on any atom is 0.434 e. The predicted octanol–water partition coefficient (Wildman–Crippen LogP) is 4.53. The molecule has 1 heterocycles. The number of hydrogen-bond acceptors (Lipinski definition) is 4. The molecule has 1 aromatic carbocycles. The summed E-state index contributed by atoms with van der Waals surface area (Å²) >= 11 is 1.02. The maximum atomic E-state index is 12.5. The highest BCUT2D eigenvalue weighted by molar-refractivity contribution is 14.0. The van der Waals surface area contributed by atoms with Gasteiger partial charge in [0, 0.05) is 38.5 Å². The van der Waals surface area contributed by atoms with Gasteiger partial charge in [0.05, 0.1) is 11.6 Å². The van der Waals surface area contributed by atoms with E-state index in [9.17, 15) is 13.2 Å².